The minimum absolute atomic E-state index is 0.812. The number of rotatable bonds is 2. The van der Waals surface area contributed by atoms with Crippen molar-refractivity contribution in [1.82, 2.24) is 24.9 Å². The molecule has 5 aromatic rings. The quantitative estimate of drug-likeness (QED) is 0.516. The number of H-pyrrole nitrogens is 1. The molecule has 3 heterocycles. The number of aromatic amines is 1. The predicted molar refractivity (Wildman–Crippen MR) is 101 cm³/mol. The second kappa shape index (κ2) is 5.29. The van der Waals surface area contributed by atoms with E-state index in [-0.39, 0.29) is 0 Å². The number of aryl methyl sites for hydroxylation is 3. The number of imidazole rings is 1. The van der Waals surface area contributed by atoms with Gasteiger partial charge in [0.05, 0.1) is 34.8 Å². The van der Waals surface area contributed by atoms with Crippen molar-refractivity contribution < 1.29 is 4.52 Å². The van der Waals surface area contributed by atoms with Crippen LogP contribution in [0.3, 0.4) is 0 Å². The zero-order valence-electron chi connectivity index (χ0n) is 14.7. The summed E-state index contributed by atoms with van der Waals surface area (Å²) in [6, 6.07) is 10.5. The van der Waals surface area contributed by atoms with E-state index < -0.39 is 0 Å². The lowest BCUT2D eigenvalue weighted by molar-refractivity contribution is 0.393. The number of benzene rings is 2. The van der Waals surface area contributed by atoms with Crippen LogP contribution in [0.5, 0.6) is 0 Å². The maximum absolute atomic E-state index is 5.37. The van der Waals surface area contributed by atoms with E-state index in [1.807, 2.05) is 31.8 Å². The molecule has 0 bridgehead atoms. The lowest BCUT2D eigenvalue weighted by Gasteiger charge is -2.09. The molecule has 2 aromatic carbocycles. The number of fused-ring (bicyclic) bond motifs is 2. The normalized spacial score (nSPS) is 11.7. The average Bonchev–Trinajstić information content (AvgIpc) is 3.34. The molecule has 3 aromatic heterocycles. The molecule has 0 spiro atoms. The molecule has 0 amide bonds. The first-order valence-corrected chi connectivity index (χ1v) is 8.45. The van der Waals surface area contributed by atoms with Crippen LogP contribution in [-0.2, 0) is 7.05 Å². The Hall–Kier alpha value is -3.41. The molecule has 0 aliphatic carbocycles. The molecular formula is C20H17N5O. The summed E-state index contributed by atoms with van der Waals surface area (Å²) < 4.78 is 7.26. The number of hydrogen-bond donors (Lipinski definition) is 1. The Labute approximate surface area is 149 Å². The summed E-state index contributed by atoms with van der Waals surface area (Å²) in [6.45, 7) is 3.90. The summed E-state index contributed by atoms with van der Waals surface area (Å²) in [6.07, 6.45) is 3.64. The Morgan fingerprint density at radius 2 is 2.00 bits per heavy atom. The molecule has 0 fully saturated rings. The lowest BCUT2D eigenvalue weighted by Crippen LogP contribution is -1.90. The number of nitrogens with one attached hydrogen (secondary N) is 1. The van der Waals surface area contributed by atoms with Gasteiger partial charge in [-0.3, -0.25) is 4.68 Å². The molecule has 0 aliphatic rings. The number of hydrogen-bond acceptors (Lipinski definition) is 4. The molecule has 6 nitrogen and oxygen atoms in total. The molecule has 0 saturated carbocycles. The summed E-state index contributed by atoms with van der Waals surface area (Å²) in [5, 5.41) is 9.62. The van der Waals surface area contributed by atoms with Crippen molar-refractivity contribution in [2.24, 2.45) is 7.05 Å². The van der Waals surface area contributed by atoms with E-state index in [0.29, 0.717) is 0 Å². The lowest BCUT2D eigenvalue weighted by atomic mass is 9.95. The third-order valence-corrected chi connectivity index (χ3v) is 4.93. The molecule has 6 heteroatoms. The second-order valence-electron chi connectivity index (χ2n) is 6.53. The van der Waals surface area contributed by atoms with Crippen LogP contribution in [0.4, 0.5) is 0 Å². The van der Waals surface area contributed by atoms with Crippen LogP contribution in [0, 0.1) is 13.8 Å². The molecule has 0 saturated heterocycles. The zero-order valence-corrected chi connectivity index (χ0v) is 14.7. The Bertz CT molecular complexity index is 1250. The maximum Gasteiger partial charge on any atom is 0.141 e. The second-order valence-corrected chi connectivity index (χ2v) is 6.53. The largest absolute Gasteiger partial charge is 0.361 e. The molecule has 0 atom stereocenters. The van der Waals surface area contributed by atoms with Crippen molar-refractivity contribution in [3.63, 3.8) is 0 Å². The van der Waals surface area contributed by atoms with Gasteiger partial charge in [-0.25, -0.2) is 4.98 Å². The van der Waals surface area contributed by atoms with Crippen molar-refractivity contribution in [2.75, 3.05) is 0 Å². The summed E-state index contributed by atoms with van der Waals surface area (Å²) in [5.74, 6) is 0.812. The summed E-state index contributed by atoms with van der Waals surface area (Å²) in [4.78, 5) is 7.80. The van der Waals surface area contributed by atoms with Gasteiger partial charge in [0.1, 0.15) is 5.76 Å². The van der Waals surface area contributed by atoms with Crippen LogP contribution >= 0.6 is 0 Å². The van der Waals surface area contributed by atoms with Crippen LogP contribution in [0.25, 0.3) is 44.2 Å². The first-order chi connectivity index (χ1) is 12.6. The molecule has 26 heavy (non-hydrogen) atoms. The van der Waals surface area contributed by atoms with E-state index in [4.69, 9.17) is 4.52 Å². The van der Waals surface area contributed by atoms with Crippen molar-refractivity contribution in [1.29, 1.82) is 0 Å². The molecule has 0 radical (unpaired) electrons. The molecule has 128 valence electrons. The van der Waals surface area contributed by atoms with Gasteiger partial charge in [-0.1, -0.05) is 17.3 Å². The van der Waals surface area contributed by atoms with E-state index in [0.717, 1.165) is 55.6 Å². The first-order valence-electron chi connectivity index (χ1n) is 8.45. The van der Waals surface area contributed by atoms with E-state index in [9.17, 15) is 0 Å². The Balaban J connectivity index is 1.86. The monoisotopic (exact) mass is 343 g/mol. The van der Waals surface area contributed by atoms with Crippen molar-refractivity contribution in [3.8, 4) is 22.3 Å². The van der Waals surface area contributed by atoms with Gasteiger partial charge in [0, 0.05) is 23.6 Å². The third-order valence-electron chi connectivity index (χ3n) is 4.93. The van der Waals surface area contributed by atoms with Crippen LogP contribution in [0.2, 0.25) is 0 Å². The minimum atomic E-state index is 0.812. The van der Waals surface area contributed by atoms with E-state index in [1.165, 1.54) is 0 Å². The van der Waals surface area contributed by atoms with E-state index in [2.05, 4.69) is 50.6 Å². The summed E-state index contributed by atoms with van der Waals surface area (Å²) >= 11 is 0. The Kier molecular flexibility index (Phi) is 3.03. The van der Waals surface area contributed by atoms with Crippen molar-refractivity contribution in [3.05, 3.63) is 54.3 Å². The van der Waals surface area contributed by atoms with Gasteiger partial charge in [0.2, 0.25) is 0 Å². The Morgan fingerprint density at radius 1 is 1.12 bits per heavy atom. The van der Waals surface area contributed by atoms with Gasteiger partial charge in [0.25, 0.3) is 0 Å². The van der Waals surface area contributed by atoms with E-state index in [1.54, 1.807) is 6.33 Å². The fourth-order valence-corrected chi connectivity index (χ4v) is 3.71. The fourth-order valence-electron chi connectivity index (χ4n) is 3.71. The van der Waals surface area contributed by atoms with Gasteiger partial charge < -0.3 is 9.51 Å². The highest BCUT2D eigenvalue weighted by molar-refractivity contribution is 6.04. The summed E-state index contributed by atoms with van der Waals surface area (Å²) in [7, 11) is 1.95. The minimum Gasteiger partial charge on any atom is -0.361 e. The molecule has 0 aliphatic heterocycles. The first kappa shape index (κ1) is 14.9. The molecule has 5 rings (SSSR count). The van der Waals surface area contributed by atoms with Crippen LogP contribution < -0.4 is 0 Å². The van der Waals surface area contributed by atoms with Gasteiger partial charge in [-0.15, -0.1) is 0 Å². The van der Waals surface area contributed by atoms with Gasteiger partial charge in [0.15, 0.2) is 0 Å². The topological polar surface area (TPSA) is 72.5 Å². The third kappa shape index (κ3) is 2.02. The van der Waals surface area contributed by atoms with E-state index >= 15 is 0 Å². The standard InChI is InChI=1S/C20H17N5O/c1-11-19(12(2)26-24-11)13-7-15(20-17(8-13)21-10-22-20)14-5-4-6-18-16(14)9-23-25(18)3/h4-10H,1-3H3,(H,21,22). The SMILES string of the molecule is Cc1noc(C)c1-c1cc(-c2cccc3c2cnn3C)c2nc[nH]c2c1. The molecule has 0 unspecified atom stereocenters. The van der Waals surface area contributed by atoms with Crippen LogP contribution in [0.15, 0.2) is 47.4 Å². The summed E-state index contributed by atoms with van der Waals surface area (Å²) in [5.41, 5.74) is 8.17. The number of nitrogens with zero attached hydrogens (tertiary/aromatic N) is 4. The molecule has 1 N–H and O–H groups in total. The highest BCUT2D eigenvalue weighted by Crippen LogP contribution is 2.37. The fraction of sp³-hybridized carbons (Fsp3) is 0.150. The van der Waals surface area contributed by atoms with Crippen LogP contribution in [-0.4, -0.2) is 24.9 Å². The highest BCUT2D eigenvalue weighted by Gasteiger charge is 2.17. The van der Waals surface area contributed by atoms with Crippen molar-refractivity contribution in [2.45, 2.75) is 13.8 Å². The van der Waals surface area contributed by atoms with Crippen LogP contribution in [0.1, 0.15) is 11.5 Å². The average molecular weight is 343 g/mol. The van der Waals surface area contributed by atoms with Gasteiger partial charge >= 0.3 is 0 Å². The Morgan fingerprint density at radius 3 is 2.81 bits per heavy atom. The highest BCUT2D eigenvalue weighted by atomic mass is 16.5. The van der Waals surface area contributed by atoms with Gasteiger partial charge in [-0.05, 0) is 43.2 Å². The predicted octanol–water partition coefficient (Wildman–Crippen LogP) is 4.39. The number of aromatic nitrogens is 5. The maximum atomic E-state index is 5.37. The zero-order chi connectivity index (χ0) is 17.8. The molecular weight excluding hydrogens is 326 g/mol. The smallest absolute Gasteiger partial charge is 0.141 e. The van der Waals surface area contributed by atoms with Gasteiger partial charge in [-0.2, -0.15) is 5.10 Å². The van der Waals surface area contributed by atoms with Crippen molar-refractivity contribution >= 4 is 21.9 Å².